The molecular formula is C70H175N15O3S2. The molecule has 1 aliphatic carbocycles. The van der Waals surface area contributed by atoms with Gasteiger partial charge in [0, 0.05) is 37.9 Å². The number of hydrogen-bond acceptors (Lipinski definition) is 20. The number of allylic oxidation sites excluding steroid dienone is 3. The quantitative estimate of drug-likeness (QED) is 0.106. The molecule has 0 saturated heterocycles. The minimum Gasteiger partial charge on any atom is -0.501 e. The van der Waals surface area contributed by atoms with Crippen molar-refractivity contribution in [3.8, 4) is 0 Å². The first-order valence-electron chi connectivity index (χ1n) is 36.4. The van der Waals surface area contributed by atoms with E-state index in [4.69, 9.17) is 4.74 Å². The third-order valence-corrected chi connectivity index (χ3v) is 6.76. The van der Waals surface area contributed by atoms with E-state index in [9.17, 15) is 0 Å². The summed E-state index contributed by atoms with van der Waals surface area (Å²) in [6, 6.07) is 0. The topological polar surface area (TPSA) is 210 Å². The maximum Gasteiger partial charge on any atom is 0.194 e. The van der Waals surface area contributed by atoms with Crippen LogP contribution in [0.2, 0.25) is 0 Å². The summed E-state index contributed by atoms with van der Waals surface area (Å²) < 4.78 is 9.31. The molecule has 0 aromatic rings. The Hall–Kier alpha value is -4.27. The summed E-state index contributed by atoms with van der Waals surface area (Å²) in [5.74, 6) is 2.25. The molecule has 0 radical (unpaired) electrons. The Balaban J connectivity index is -0.0000000317. The Bertz CT molecular complexity index is 736. The van der Waals surface area contributed by atoms with Crippen LogP contribution in [0.1, 0.15) is 322 Å². The van der Waals surface area contributed by atoms with Crippen LogP contribution in [-0.4, -0.2) is 95.4 Å². The van der Waals surface area contributed by atoms with Gasteiger partial charge in [-0.3, -0.25) is 31.6 Å². The van der Waals surface area contributed by atoms with Crippen LogP contribution >= 0.6 is 23.5 Å². The number of aliphatic imine (C=N–C) groups is 2. The van der Waals surface area contributed by atoms with E-state index in [1.54, 1.807) is 29.9 Å². The second kappa shape index (κ2) is 284. The predicted octanol–water partition coefficient (Wildman–Crippen LogP) is 23.5. The van der Waals surface area contributed by atoms with E-state index < -0.39 is 0 Å². The van der Waals surface area contributed by atoms with E-state index in [-0.39, 0.29) is 0 Å². The second-order valence-electron chi connectivity index (χ2n) is 9.39. The monoisotopic (exact) mass is 1340 g/mol. The van der Waals surface area contributed by atoms with Gasteiger partial charge >= 0.3 is 0 Å². The van der Waals surface area contributed by atoms with Gasteiger partial charge in [-0.25, -0.2) is 10.4 Å². The number of hydrazone groups is 3. The number of hydroxylamine groups is 1. The van der Waals surface area contributed by atoms with E-state index in [0.717, 1.165) is 51.5 Å². The molecule has 10 aliphatic rings. The van der Waals surface area contributed by atoms with Crippen molar-refractivity contribution in [2.45, 2.75) is 322 Å². The van der Waals surface area contributed by atoms with Crippen molar-refractivity contribution in [3.63, 3.8) is 0 Å². The third-order valence-electron chi connectivity index (χ3n) is 5.35. The highest BCUT2D eigenvalue weighted by Crippen LogP contribution is 2.11. The zero-order chi connectivity index (χ0) is 75.4. The smallest absolute Gasteiger partial charge is 0.194 e. The van der Waals surface area contributed by atoms with Gasteiger partial charge in [0.1, 0.15) is 13.0 Å². The lowest BCUT2D eigenvalue weighted by atomic mass is 10.4. The first-order chi connectivity index (χ1) is 45.0. The van der Waals surface area contributed by atoms with Gasteiger partial charge in [0.15, 0.2) is 19.9 Å². The molecule has 10 rings (SSSR count). The average molecular weight is 1340 g/mol. The summed E-state index contributed by atoms with van der Waals surface area (Å²) in [5.41, 5.74) is 20.4. The Morgan fingerprint density at radius 3 is 1.07 bits per heavy atom. The van der Waals surface area contributed by atoms with Crippen LogP contribution in [0.4, 0.5) is 0 Å². The van der Waals surface area contributed by atoms with Crippen LogP contribution in [0.3, 0.4) is 0 Å². The van der Waals surface area contributed by atoms with Crippen molar-refractivity contribution in [1.29, 1.82) is 0 Å². The zero-order valence-electron chi connectivity index (χ0n) is 68.7. The number of hydrazine groups is 1. The van der Waals surface area contributed by atoms with Crippen LogP contribution in [-0.2, 0) is 14.3 Å². The van der Waals surface area contributed by atoms with Crippen molar-refractivity contribution in [2.75, 3.05) is 64.5 Å². The Labute approximate surface area is 579 Å². The third kappa shape index (κ3) is 274. The van der Waals surface area contributed by atoms with E-state index in [1.165, 1.54) is 50.6 Å². The minimum atomic E-state index is 0.458. The summed E-state index contributed by atoms with van der Waals surface area (Å²) in [7, 11) is 0. The fourth-order valence-corrected chi connectivity index (χ4v) is 4.10. The number of nitrogens with one attached hydrogen (secondary N) is 8. The molecule has 18 nitrogen and oxygen atoms in total. The van der Waals surface area contributed by atoms with E-state index >= 15 is 0 Å². The number of ether oxygens (including phenoxy) is 2. The highest BCUT2D eigenvalue weighted by Gasteiger charge is 1.88. The molecule has 0 aromatic heterocycles. The molecule has 0 aromatic carbocycles. The summed E-state index contributed by atoms with van der Waals surface area (Å²) in [4.78, 5) is 11.8. The van der Waals surface area contributed by atoms with Crippen molar-refractivity contribution in [3.05, 3.63) is 48.3 Å². The SMILES string of the molecule is C1=CCCC1.C1=CNCC1.C1=COCC1.C1=CSCC1.C1=NCNN1.C1=NCON1.C1=NNCC1.C1=NNCO1.C1=NNCS1.C1CNN=N1.CC.CC.CC.CC.CC.CC.CC.CC.CC.CC.CC.CC.CC.CC.CC.CC.CC.CC.CC.CC. The molecule has 20 heteroatoms. The van der Waals surface area contributed by atoms with Gasteiger partial charge in [-0.1, -0.05) is 318 Å². The van der Waals surface area contributed by atoms with Gasteiger partial charge in [-0.15, -0.1) is 16.9 Å². The van der Waals surface area contributed by atoms with Crippen LogP contribution < -0.4 is 43.4 Å². The number of thioether (sulfide) groups is 2. The standard InChI is InChI=1S/C5H8.C4H7N.C4H6O.C4H6S.C3H6N2.2C2H5N3.2C2H4N2O.C2H4N2S.20C2H6/c5*1-2-4-5-3-1;1-3-2-5-4-1;1-2-4-5-3-1;1-3-4-2-5-1;1-3-2-5-4-1;1-3-4-2-5-1;20*1-2/h1-2H,3-5H2;1,3,5H,2,4H2;2*1,3H,2,4H2;2,5H,1,3H2;1,5H,2H2,(H,3,4);1-2H2,(H,3,4);1,4H,2H2;1H,2H2,(H,3,4);1,4H,2H2;20*1-2H3. The molecule has 0 fully saturated rings. The van der Waals surface area contributed by atoms with E-state index in [2.05, 4.69) is 118 Å². The molecular weight excluding hydrogens is 1160 g/mol. The molecule has 8 N–H and O–H groups in total. The average Bonchev–Trinajstić information content (AvgIpc) is 4.52. The van der Waals surface area contributed by atoms with Gasteiger partial charge in [0.25, 0.3) is 0 Å². The lowest BCUT2D eigenvalue weighted by molar-refractivity contribution is 0.117. The van der Waals surface area contributed by atoms with Gasteiger partial charge in [-0.05, 0) is 49.8 Å². The van der Waals surface area contributed by atoms with E-state index in [1.807, 2.05) is 307 Å². The summed E-state index contributed by atoms with van der Waals surface area (Å²) >= 11 is 3.56. The van der Waals surface area contributed by atoms with Crippen molar-refractivity contribution < 1.29 is 14.3 Å². The van der Waals surface area contributed by atoms with Gasteiger partial charge in [0.2, 0.25) is 0 Å². The van der Waals surface area contributed by atoms with E-state index in [0.29, 0.717) is 20.1 Å². The highest BCUT2D eigenvalue weighted by atomic mass is 32.2. The van der Waals surface area contributed by atoms with Crippen molar-refractivity contribution in [1.82, 2.24) is 43.4 Å². The molecule has 90 heavy (non-hydrogen) atoms. The maximum atomic E-state index is 4.76. The molecule has 0 bridgehead atoms. The number of nitrogens with zero attached hydrogens (tertiary/aromatic N) is 7. The number of hydrogen-bond donors (Lipinski definition) is 8. The molecule has 560 valence electrons. The van der Waals surface area contributed by atoms with Crippen LogP contribution in [0, 0.1) is 0 Å². The van der Waals surface area contributed by atoms with Gasteiger partial charge < -0.3 is 25.6 Å². The predicted molar refractivity (Wildman–Crippen MR) is 435 cm³/mol. The summed E-state index contributed by atoms with van der Waals surface area (Å²) in [6.07, 6.45) is 29.6. The molecule has 0 atom stereocenters. The first-order valence-corrected chi connectivity index (χ1v) is 38.5. The Kier molecular flexibility index (Phi) is 450. The summed E-state index contributed by atoms with van der Waals surface area (Å²) in [6.45, 7) is 86.5. The van der Waals surface area contributed by atoms with Crippen molar-refractivity contribution in [2.24, 2.45) is 35.6 Å². The largest absolute Gasteiger partial charge is 0.501 e. The molecule has 0 unspecified atom stereocenters. The summed E-state index contributed by atoms with van der Waals surface area (Å²) in [5, 5.41) is 23.1. The maximum absolute atomic E-state index is 4.76. The molecule has 9 aliphatic heterocycles. The molecule has 0 saturated carbocycles. The fourth-order valence-electron chi connectivity index (χ4n) is 3.05. The molecule has 9 heterocycles. The van der Waals surface area contributed by atoms with Gasteiger partial charge in [0.05, 0.1) is 43.7 Å². The Morgan fingerprint density at radius 2 is 0.956 bits per heavy atom. The number of rotatable bonds is 0. The van der Waals surface area contributed by atoms with Crippen molar-refractivity contribution >= 4 is 54.4 Å². The van der Waals surface area contributed by atoms with Crippen LogP contribution in [0.25, 0.3) is 0 Å². The van der Waals surface area contributed by atoms with Gasteiger partial charge in [-0.2, -0.15) is 15.3 Å². The second-order valence-corrected chi connectivity index (χ2v) is 11.2. The Morgan fingerprint density at radius 1 is 0.422 bits per heavy atom. The lowest BCUT2D eigenvalue weighted by Crippen LogP contribution is -2.22. The highest BCUT2D eigenvalue weighted by molar-refractivity contribution is 8.12. The molecule has 0 amide bonds. The minimum absolute atomic E-state index is 0.458. The lowest BCUT2D eigenvalue weighted by Gasteiger charge is -1.80. The van der Waals surface area contributed by atoms with Crippen LogP contribution in [0.5, 0.6) is 0 Å². The zero-order valence-corrected chi connectivity index (χ0v) is 70.3. The normalized spacial score (nSPS) is 12.1. The molecule has 0 spiro atoms. The first kappa shape index (κ1) is 142. The van der Waals surface area contributed by atoms with Crippen LogP contribution in [0.15, 0.2) is 83.9 Å². The fraction of sp³-hybridized carbons (Fsp3) is 0.814.